The Balaban J connectivity index is 1.49. The van der Waals surface area contributed by atoms with Crippen molar-refractivity contribution in [1.82, 2.24) is 9.78 Å². The summed E-state index contributed by atoms with van der Waals surface area (Å²) in [6.07, 6.45) is 1.85. The van der Waals surface area contributed by atoms with E-state index in [0.29, 0.717) is 0 Å². The van der Waals surface area contributed by atoms with Crippen molar-refractivity contribution in [2.45, 2.75) is 6.17 Å². The molecule has 150 valence electrons. The summed E-state index contributed by atoms with van der Waals surface area (Å²) in [6.45, 7) is 0. The van der Waals surface area contributed by atoms with E-state index in [1.165, 1.54) is 22.9 Å². The summed E-state index contributed by atoms with van der Waals surface area (Å²) in [4.78, 5) is 0. The number of hydrogen-bond acceptors (Lipinski definition) is 3. The van der Waals surface area contributed by atoms with Crippen LogP contribution in [0.1, 0.15) is 11.7 Å². The fourth-order valence-electron chi connectivity index (χ4n) is 4.23. The average molecular weight is 406 g/mol. The van der Waals surface area contributed by atoms with E-state index in [1.54, 1.807) is 12.1 Å². The topological polar surface area (TPSA) is 41.9 Å². The van der Waals surface area contributed by atoms with Gasteiger partial charge in [-0.2, -0.15) is 5.10 Å². The molecule has 0 spiro atoms. The van der Waals surface area contributed by atoms with Gasteiger partial charge in [0, 0.05) is 34.1 Å². The molecule has 1 aliphatic heterocycles. The highest BCUT2D eigenvalue weighted by Gasteiger charge is 2.25. The first-order valence-electron chi connectivity index (χ1n) is 10.2. The maximum Gasteiger partial charge on any atom is 0.127 e. The first-order valence-corrected chi connectivity index (χ1v) is 10.2. The molecule has 0 saturated heterocycles. The minimum atomic E-state index is -0.262. The summed E-state index contributed by atoms with van der Waals surface area (Å²) in [7, 11) is 0. The number of anilines is 2. The zero-order chi connectivity index (χ0) is 20.8. The molecule has 2 N–H and O–H groups in total. The van der Waals surface area contributed by atoms with E-state index in [-0.39, 0.29) is 12.0 Å². The van der Waals surface area contributed by atoms with Crippen LogP contribution in [0.25, 0.3) is 27.7 Å². The fraction of sp³-hybridized carbons (Fsp3) is 0.0385. The molecule has 4 nitrogen and oxygen atoms in total. The van der Waals surface area contributed by atoms with Gasteiger partial charge in [-0.05, 0) is 53.9 Å². The van der Waals surface area contributed by atoms with Gasteiger partial charge in [-0.3, -0.25) is 0 Å². The van der Waals surface area contributed by atoms with Gasteiger partial charge < -0.3 is 10.6 Å². The van der Waals surface area contributed by atoms with Gasteiger partial charge in [0.15, 0.2) is 0 Å². The maximum atomic E-state index is 13.6. The van der Waals surface area contributed by atoms with Crippen molar-refractivity contribution in [3.05, 3.63) is 109 Å². The Labute approximate surface area is 179 Å². The van der Waals surface area contributed by atoms with Crippen LogP contribution >= 0.6 is 0 Å². The third kappa shape index (κ3) is 3.02. The summed E-state index contributed by atoms with van der Waals surface area (Å²) >= 11 is 0. The van der Waals surface area contributed by atoms with Gasteiger partial charge in [0.2, 0.25) is 0 Å². The zero-order valence-corrected chi connectivity index (χ0v) is 16.6. The number of nitrogens with zero attached hydrogens (tertiary/aromatic N) is 2. The number of rotatable bonds is 3. The van der Waals surface area contributed by atoms with Crippen LogP contribution in [0.2, 0.25) is 0 Å². The molecule has 0 saturated carbocycles. The summed E-state index contributed by atoms with van der Waals surface area (Å²) in [5.41, 5.74) is 5.79. The first kappa shape index (κ1) is 17.7. The summed E-state index contributed by atoms with van der Waals surface area (Å²) in [5, 5.41) is 14.5. The largest absolute Gasteiger partial charge is 0.361 e. The van der Waals surface area contributed by atoms with E-state index in [0.717, 1.165) is 33.9 Å². The van der Waals surface area contributed by atoms with Crippen molar-refractivity contribution < 1.29 is 4.39 Å². The normalized spacial score (nSPS) is 13.1. The molecule has 0 unspecified atom stereocenters. The Morgan fingerprint density at radius 3 is 2.10 bits per heavy atom. The molecular weight excluding hydrogens is 387 g/mol. The molecule has 2 heterocycles. The van der Waals surface area contributed by atoms with E-state index in [4.69, 9.17) is 5.10 Å². The van der Waals surface area contributed by atoms with Crippen molar-refractivity contribution >= 4 is 22.1 Å². The maximum absolute atomic E-state index is 13.6. The predicted octanol–water partition coefficient (Wildman–Crippen LogP) is 6.37. The second-order valence-electron chi connectivity index (χ2n) is 7.65. The average Bonchev–Trinajstić information content (AvgIpc) is 3.26. The van der Waals surface area contributed by atoms with Gasteiger partial charge in [0.1, 0.15) is 12.0 Å². The van der Waals surface area contributed by atoms with E-state index in [9.17, 15) is 4.39 Å². The number of halogens is 1. The van der Waals surface area contributed by atoms with Gasteiger partial charge >= 0.3 is 0 Å². The van der Waals surface area contributed by atoms with Crippen molar-refractivity contribution in [2.75, 3.05) is 10.6 Å². The molecule has 0 atom stereocenters. The second-order valence-corrected chi connectivity index (χ2v) is 7.65. The Morgan fingerprint density at radius 2 is 1.42 bits per heavy atom. The van der Waals surface area contributed by atoms with Crippen LogP contribution in [0.15, 0.2) is 97.2 Å². The van der Waals surface area contributed by atoms with Crippen LogP contribution in [0, 0.1) is 5.82 Å². The number of para-hydroxylation sites is 1. The predicted molar refractivity (Wildman–Crippen MR) is 123 cm³/mol. The molecule has 5 heteroatoms. The zero-order valence-electron chi connectivity index (χ0n) is 16.6. The van der Waals surface area contributed by atoms with Gasteiger partial charge in [-0.15, -0.1) is 0 Å². The van der Waals surface area contributed by atoms with Crippen LogP contribution in [-0.4, -0.2) is 9.78 Å². The second kappa shape index (κ2) is 6.99. The van der Waals surface area contributed by atoms with E-state index in [2.05, 4.69) is 47.0 Å². The van der Waals surface area contributed by atoms with E-state index in [1.807, 2.05) is 41.2 Å². The minimum Gasteiger partial charge on any atom is -0.361 e. The standard InChI is InChI=1S/C26H19FN4/c27-19-14-12-18(13-15-19)25-21(16-31(30-25)20-8-2-1-3-9-20)26-28-22-10-4-6-17-7-5-11-23(29-26)24(17)22/h1-16,26,28-29H. The lowest BCUT2D eigenvalue weighted by atomic mass is 10.0. The summed E-state index contributed by atoms with van der Waals surface area (Å²) in [5.74, 6) is -0.262. The third-order valence-corrected chi connectivity index (χ3v) is 5.70. The molecule has 1 aliphatic rings. The van der Waals surface area contributed by atoms with Crippen molar-refractivity contribution in [3.8, 4) is 16.9 Å². The smallest absolute Gasteiger partial charge is 0.127 e. The molecule has 31 heavy (non-hydrogen) atoms. The Kier molecular flexibility index (Phi) is 3.99. The van der Waals surface area contributed by atoms with Gasteiger partial charge in [-0.25, -0.2) is 9.07 Å². The van der Waals surface area contributed by atoms with Crippen molar-refractivity contribution in [2.24, 2.45) is 0 Å². The van der Waals surface area contributed by atoms with Crippen LogP contribution < -0.4 is 10.6 Å². The number of nitrogens with one attached hydrogen (secondary N) is 2. The van der Waals surface area contributed by atoms with Crippen molar-refractivity contribution in [1.29, 1.82) is 0 Å². The van der Waals surface area contributed by atoms with Crippen LogP contribution in [0.3, 0.4) is 0 Å². The van der Waals surface area contributed by atoms with Crippen LogP contribution in [-0.2, 0) is 0 Å². The van der Waals surface area contributed by atoms with Crippen LogP contribution in [0.4, 0.5) is 15.8 Å². The Morgan fingerprint density at radius 1 is 0.742 bits per heavy atom. The summed E-state index contributed by atoms with van der Waals surface area (Å²) in [6, 6.07) is 29.0. The molecule has 4 aromatic carbocycles. The Bertz CT molecular complexity index is 1350. The molecule has 6 rings (SSSR count). The lowest BCUT2D eigenvalue weighted by Crippen LogP contribution is -2.23. The highest BCUT2D eigenvalue weighted by atomic mass is 19.1. The molecule has 0 fully saturated rings. The number of aromatic nitrogens is 2. The van der Waals surface area contributed by atoms with E-state index >= 15 is 0 Å². The number of benzene rings is 4. The third-order valence-electron chi connectivity index (χ3n) is 5.70. The minimum absolute atomic E-state index is 0.182. The van der Waals surface area contributed by atoms with E-state index < -0.39 is 0 Å². The molecule has 0 amide bonds. The monoisotopic (exact) mass is 406 g/mol. The molecule has 1 aromatic heterocycles. The first-order chi connectivity index (χ1) is 15.3. The number of hydrogen-bond donors (Lipinski definition) is 2. The quantitative estimate of drug-likeness (QED) is 0.366. The van der Waals surface area contributed by atoms with Gasteiger partial charge in [-0.1, -0.05) is 42.5 Å². The molecule has 0 aliphatic carbocycles. The molecule has 0 radical (unpaired) electrons. The van der Waals surface area contributed by atoms with Gasteiger partial charge in [0.25, 0.3) is 0 Å². The molecular formula is C26H19FN4. The fourth-order valence-corrected chi connectivity index (χ4v) is 4.23. The molecule has 0 bridgehead atoms. The lowest BCUT2D eigenvalue weighted by molar-refractivity contribution is 0.628. The van der Waals surface area contributed by atoms with Crippen molar-refractivity contribution in [3.63, 3.8) is 0 Å². The highest BCUT2D eigenvalue weighted by molar-refractivity contribution is 6.04. The Hall–Kier alpha value is -4.12. The SMILES string of the molecule is Fc1ccc(-c2nn(-c3ccccc3)cc2C2Nc3cccc4cccc(c34)N2)cc1. The lowest BCUT2D eigenvalue weighted by Gasteiger charge is -2.29. The van der Waals surface area contributed by atoms with Gasteiger partial charge in [0.05, 0.1) is 11.4 Å². The molecule has 5 aromatic rings. The summed E-state index contributed by atoms with van der Waals surface area (Å²) < 4.78 is 15.4. The highest BCUT2D eigenvalue weighted by Crippen LogP contribution is 2.40. The van der Waals surface area contributed by atoms with Crippen LogP contribution in [0.5, 0.6) is 0 Å².